The first-order chi connectivity index (χ1) is 5.42. The number of aromatic nitrogens is 1. The number of nitrogens with one attached hydrogen (secondary N) is 1. The Balaban J connectivity index is 2.76. The summed E-state index contributed by atoms with van der Waals surface area (Å²) in [7, 11) is 0. The molecule has 1 radical (unpaired) electrons. The molecular weight excluding hydrogens is 134 g/mol. The number of rotatable bonds is 1. The second-order valence-electron chi connectivity index (χ2n) is 2.64. The molecule has 0 spiro atoms. The summed E-state index contributed by atoms with van der Waals surface area (Å²) < 4.78 is 0. The van der Waals surface area contributed by atoms with Gasteiger partial charge >= 0.3 is 0 Å². The van der Waals surface area contributed by atoms with Crippen LogP contribution < -0.4 is 0 Å². The Morgan fingerprint density at radius 1 is 1.55 bits per heavy atom. The fourth-order valence-corrected chi connectivity index (χ4v) is 1.36. The first-order valence-electron chi connectivity index (χ1n) is 3.88. The molecule has 1 heteroatoms. The van der Waals surface area contributed by atoms with Gasteiger partial charge in [-0.05, 0) is 24.1 Å². The lowest BCUT2D eigenvalue weighted by molar-refractivity contribution is 1.15. The summed E-state index contributed by atoms with van der Waals surface area (Å²) >= 11 is 0. The molecule has 1 N–H and O–H groups in total. The van der Waals surface area contributed by atoms with E-state index in [1.165, 1.54) is 16.5 Å². The standard InChI is InChI=1S/C10H10N/c1-2-8-7-11-10-6-4-3-5-9(8)10/h3,5-7,11H,2H2,1H3. The molecule has 11 heavy (non-hydrogen) atoms. The van der Waals surface area contributed by atoms with Crippen molar-refractivity contribution in [1.29, 1.82) is 0 Å². The summed E-state index contributed by atoms with van der Waals surface area (Å²) in [6.07, 6.45) is 3.16. The van der Waals surface area contributed by atoms with Crippen molar-refractivity contribution in [3.8, 4) is 0 Å². The van der Waals surface area contributed by atoms with Crippen LogP contribution in [-0.4, -0.2) is 4.98 Å². The Kier molecular flexibility index (Phi) is 1.42. The highest BCUT2D eigenvalue weighted by atomic mass is 14.7. The molecule has 0 unspecified atom stereocenters. The number of fused-ring (bicyclic) bond motifs is 1. The average Bonchev–Trinajstić information content (AvgIpc) is 2.47. The fourth-order valence-electron chi connectivity index (χ4n) is 1.36. The summed E-state index contributed by atoms with van der Waals surface area (Å²) in [5.41, 5.74) is 2.57. The van der Waals surface area contributed by atoms with Gasteiger partial charge in [0.1, 0.15) is 0 Å². The Hall–Kier alpha value is -1.24. The summed E-state index contributed by atoms with van der Waals surface area (Å²) in [4.78, 5) is 3.21. The molecule has 1 nitrogen and oxygen atoms in total. The molecule has 2 rings (SSSR count). The molecular formula is C10H10N. The van der Waals surface area contributed by atoms with Gasteiger partial charge in [-0.2, -0.15) is 0 Å². The lowest BCUT2D eigenvalue weighted by Crippen LogP contribution is -1.73. The van der Waals surface area contributed by atoms with Crippen molar-refractivity contribution in [3.05, 3.63) is 36.0 Å². The van der Waals surface area contributed by atoms with Crippen LogP contribution in [0.4, 0.5) is 0 Å². The first-order valence-corrected chi connectivity index (χ1v) is 3.88. The minimum absolute atomic E-state index is 1.09. The van der Waals surface area contributed by atoms with Gasteiger partial charge in [0.2, 0.25) is 0 Å². The van der Waals surface area contributed by atoms with Crippen LogP contribution in [0.1, 0.15) is 12.5 Å². The van der Waals surface area contributed by atoms with E-state index in [1.807, 2.05) is 12.1 Å². The van der Waals surface area contributed by atoms with E-state index in [0.717, 1.165) is 6.42 Å². The number of hydrogen-bond donors (Lipinski definition) is 1. The van der Waals surface area contributed by atoms with Crippen molar-refractivity contribution in [2.45, 2.75) is 13.3 Å². The van der Waals surface area contributed by atoms with E-state index < -0.39 is 0 Å². The van der Waals surface area contributed by atoms with Crippen LogP contribution in [0, 0.1) is 6.07 Å². The van der Waals surface area contributed by atoms with Crippen molar-refractivity contribution >= 4 is 10.9 Å². The zero-order valence-corrected chi connectivity index (χ0v) is 6.52. The van der Waals surface area contributed by atoms with Crippen LogP contribution in [0.25, 0.3) is 10.9 Å². The third-order valence-corrected chi connectivity index (χ3v) is 1.99. The predicted octanol–water partition coefficient (Wildman–Crippen LogP) is 2.53. The van der Waals surface area contributed by atoms with E-state index in [1.54, 1.807) is 0 Å². The van der Waals surface area contributed by atoms with E-state index in [4.69, 9.17) is 0 Å². The molecule has 0 aliphatic carbocycles. The van der Waals surface area contributed by atoms with Crippen molar-refractivity contribution in [1.82, 2.24) is 4.98 Å². The van der Waals surface area contributed by atoms with Crippen molar-refractivity contribution in [3.63, 3.8) is 0 Å². The zero-order valence-electron chi connectivity index (χ0n) is 6.52. The van der Waals surface area contributed by atoms with Crippen molar-refractivity contribution in [2.24, 2.45) is 0 Å². The van der Waals surface area contributed by atoms with Crippen LogP contribution in [0.3, 0.4) is 0 Å². The molecule has 0 saturated heterocycles. The topological polar surface area (TPSA) is 15.8 Å². The van der Waals surface area contributed by atoms with Gasteiger partial charge in [-0.1, -0.05) is 19.1 Å². The molecule has 55 valence electrons. The molecule has 0 bridgehead atoms. The highest BCUT2D eigenvalue weighted by Crippen LogP contribution is 2.17. The SMILES string of the molecule is CCc1c[nH]c2c[c]ccc12. The minimum Gasteiger partial charge on any atom is -0.361 e. The third kappa shape index (κ3) is 0.929. The lowest BCUT2D eigenvalue weighted by Gasteiger charge is -1.90. The van der Waals surface area contributed by atoms with E-state index in [-0.39, 0.29) is 0 Å². The highest BCUT2D eigenvalue weighted by Gasteiger charge is 1.98. The second-order valence-corrected chi connectivity index (χ2v) is 2.64. The largest absolute Gasteiger partial charge is 0.361 e. The predicted molar refractivity (Wildman–Crippen MR) is 46.5 cm³/mol. The molecule has 0 atom stereocenters. The van der Waals surface area contributed by atoms with Gasteiger partial charge < -0.3 is 4.98 Å². The van der Waals surface area contributed by atoms with Crippen molar-refractivity contribution < 1.29 is 0 Å². The number of aromatic amines is 1. The number of benzene rings is 1. The monoisotopic (exact) mass is 144 g/mol. The second kappa shape index (κ2) is 2.42. The van der Waals surface area contributed by atoms with Gasteiger partial charge in [0, 0.05) is 17.1 Å². The molecule has 1 aromatic carbocycles. The molecule has 0 aliphatic heterocycles. The summed E-state index contributed by atoms with van der Waals surface area (Å²) in [6.45, 7) is 2.17. The molecule has 1 heterocycles. The summed E-state index contributed by atoms with van der Waals surface area (Å²) in [6, 6.07) is 9.08. The van der Waals surface area contributed by atoms with Gasteiger partial charge in [-0.15, -0.1) is 0 Å². The Labute approximate surface area is 66.1 Å². The Morgan fingerprint density at radius 2 is 2.45 bits per heavy atom. The van der Waals surface area contributed by atoms with E-state index in [9.17, 15) is 0 Å². The molecule has 0 fully saturated rings. The van der Waals surface area contributed by atoms with Crippen LogP contribution in [0.2, 0.25) is 0 Å². The molecule has 2 aromatic rings. The first kappa shape index (κ1) is 6.47. The smallest absolute Gasteiger partial charge is 0.0463 e. The van der Waals surface area contributed by atoms with Gasteiger partial charge in [0.15, 0.2) is 0 Å². The summed E-state index contributed by atoms with van der Waals surface area (Å²) in [5.74, 6) is 0. The fraction of sp³-hybridized carbons (Fsp3) is 0.200. The lowest BCUT2D eigenvalue weighted by atomic mass is 10.1. The van der Waals surface area contributed by atoms with E-state index in [2.05, 4.69) is 30.2 Å². The van der Waals surface area contributed by atoms with E-state index in [0.29, 0.717) is 0 Å². The zero-order chi connectivity index (χ0) is 7.68. The maximum absolute atomic E-state index is 3.21. The maximum atomic E-state index is 3.21. The maximum Gasteiger partial charge on any atom is 0.0463 e. The molecule has 0 aliphatic rings. The minimum atomic E-state index is 1.09. The van der Waals surface area contributed by atoms with Crippen LogP contribution in [-0.2, 0) is 6.42 Å². The van der Waals surface area contributed by atoms with Crippen LogP contribution >= 0.6 is 0 Å². The van der Waals surface area contributed by atoms with Gasteiger partial charge in [0.05, 0.1) is 0 Å². The number of aryl methyl sites for hydroxylation is 1. The molecule has 1 aromatic heterocycles. The van der Waals surface area contributed by atoms with Crippen LogP contribution in [0.5, 0.6) is 0 Å². The third-order valence-electron chi connectivity index (χ3n) is 1.99. The number of hydrogen-bond acceptors (Lipinski definition) is 0. The normalized spacial score (nSPS) is 10.6. The van der Waals surface area contributed by atoms with Gasteiger partial charge in [-0.25, -0.2) is 0 Å². The quantitative estimate of drug-likeness (QED) is 0.633. The van der Waals surface area contributed by atoms with Crippen molar-refractivity contribution in [2.75, 3.05) is 0 Å². The number of H-pyrrole nitrogens is 1. The Morgan fingerprint density at radius 3 is 3.27 bits per heavy atom. The summed E-state index contributed by atoms with van der Waals surface area (Å²) in [5, 5.41) is 1.33. The molecule has 0 saturated carbocycles. The van der Waals surface area contributed by atoms with Gasteiger partial charge in [-0.3, -0.25) is 0 Å². The van der Waals surface area contributed by atoms with Crippen LogP contribution in [0.15, 0.2) is 24.4 Å². The highest BCUT2D eigenvalue weighted by molar-refractivity contribution is 5.82. The Bertz CT molecular complexity index is 360. The van der Waals surface area contributed by atoms with Gasteiger partial charge in [0.25, 0.3) is 0 Å². The molecule has 0 amide bonds. The average molecular weight is 144 g/mol. The van der Waals surface area contributed by atoms with E-state index >= 15 is 0 Å².